The molecule has 0 saturated carbocycles. The molecule has 1 aromatic carbocycles. The Balaban J connectivity index is 1.41. The van der Waals surface area contributed by atoms with Crippen molar-refractivity contribution >= 4 is 29.3 Å². The first-order valence-corrected chi connectivity index (χ1v) is 11.4. The number of nitrogens with zero attached hydrogens (tertiary/aromatic N) is 6. The van der Waals surface area contributed by atoms with Gasteiger partial charge in [-0.15, -0.1) is 0 Å². The fraction of sp³-hybridized carbons (Fsp3) is 0.333. The van der Waals surface area contributed by atoms with E-state index in [0.717, 1.165) is 37.4 Å². The zero-order valence-electron chi connectivity index (χ0n) is 18.3. The Morgan fingerprint density at radius 1 is 1.09 bits per heavy atom. The van der Waals surface area contributed by atoms with E-state index >= 15 is 0 Å². The molecule has 0 N–H and O–H groups in total. The van der Waals surface area contributed by atoms with E-state index in [-0.39, 0.29) is 17.5 Å². The van der Waals surface area contributed by atoms with Gasteiger partial charge < -0.3 is 9.64 Å². The Kier molecular flexibility index (Phi) is 6.00. The molecule has 1 unspecified atom stereocenters. The molecule has 0 radical (unpaired) electrons. The molecule has 0 bridgehead atoms. The summed E-state index contributed by atoms with van der Waals surface area (Å²) in [5.41, 5.74) is 1.18. The maximum Gasteiger partial charge on any atom is 0.247 e. The predicted molar refractivity (Wildman–Crippen MR) is 130 cm³/mol. The second kappa shape index (κ2) is 9.23. The number of pyridine rings is 1. The van der Waals surface area contributed by atoms with Gasteiger partial charge in [0.2, 0.25) is 5.43 Å². The van der Waals surface area contributed by atoms with Gasteiger partial charge in [0.15, 0.2) is 5.75 Å². The van der Waals surface area contributed by atoms with Gasteiger partial charge in [-0.05, 0) is 37.1 Å². The topological polar surface area (TPSA) is 75.8 Å². The van der Waals surface area contributed by atoms with Crippen molar-refractivity contribution in [1.82, 2.24) is 14.8 Å². The van der Waals surface area contributed by atoms with Crippen LogP contribution in [0.4, 0.5) is 11.5 Å². The third-order valence-corrected chi connectivity index (χ3v) is 6.49. The summed E-state index contributed by atoms with van der Waals surface area (Å²) < 4.78 is 7.35. The number of halogens is 1. The van der Waals surface area contributed by atoms with E-state index in [1.54, 1.807) is 12.4 Å². The van der Waals surface area contributed by atoms with E-state index in [1.807, 2.05) is 58.4 Å². The van der Waals surface area contributed by atoms with Gasteiger partial charge in [-0.1, -0.05) is 29.8 Å². The van der Waals surface area contributed by atoms with Crippen molar-refractivity contribution in [3.05, 3.63) is 75.8 Å². The molecule has 0 spiro atoms. The van der Waals surface area contributed by atoms with Crippen LogP contribution < -0.4 is 20.1 Å². The minimum atomic E-state index is -0.270. The number of benzene rings is 1. The number of hydrazone groups is 1. The highest BCUT2D eigenvalue weighted by Gasteiger charge is 2.31. The number of methoxy groups -OCH3 is 1. The van der Waals surface area contributed by atoms with E-state index in [0.29, 0.717) is 22.9 Å². The molecule has 9 heteroatoms. The normalized spacial score (nSPS) is 18.7. The van der Waals surface area contributed by atoms with Crippen LogP contribution in [0.15, 0.2) is 64.8 Å². The molecule has 2 aliphatic heterocycles. The minimum Gasteiger partial charge on any atom is -0.491 e. The number of hydrogen-bond donors (Lipinski definition) is 0. The molecule has 4 heterocycles. The van der Waals surface area contributed by atoms with Crippen molar-refractivity contribution in [3.63, 3.8) is 0 Å². The van der Waals surface area contributed by atoms with Crippen molar-refractivity contribution in [2.45, 2.75) is 31.3 Å². The maximum absolute atomic E-state index is 13.2. The Morgan fingerprint density at radius 2 is 1.88 bits per heavy atom. The molecule has 170 valence electrons. The van der Waals surface area contributed by atoms with Crippen LogP contribution in [0.5, 0.6) is 5.75 Å². The summed E-state index contributed by atoms with van der Waals surface area (Å²) in [6.45, 7) is 1.60. The second-order valence-corrected chi connectivity index (χ2v) is 8.56. The smallest absolute Gasteiger partial charge is 0.247 e. The molecule has 5 rings (SSSR count). The Bertz CT molecular complexity index is 1210. The highest BCUT2D eigenvalue weighted by Crippen LogP contribution is 2.33. The first-order valence-electron chi connectivity index (χ1n) is 11.0. The summed E-state index contributed by atoms with van der Waals surface area (Å²) in [7, 11) is 1.52. The predicted octanol–water partition coefficient (Wildman–Crippen LogP) is 4.08. The molecule has 8 nitrogen and oxygen atoms in total. The average molecular weight is 465 g/mol. The summed E-state index contributed by atoms with van der Waals surface area (Å²) in [5.74, 6) is 1.11. The van der Waals surface area contributed by atoms with Crippen molar-refractivity contribution in [1.29, 1.82) is 0 Å². The maximum atomic E-state index is 13.2. The summed E-state index contributed by atoms with van der Waals surface area (Å²) in [4.78, 5) is 19.8. The van der Waals surface area contributed by atoms with Crippen LogP contribution in [-0.2, 0) is 0 Å². The standard InChI is InChI=1S/C24H25ClN6O2/c1-33-21-16-30(17-10-14-29(15-11-17)24-19(25)8-5-12-26-24)28-22(23(21)32)20-9-13-27-31(20)18-6-3-2-4-7-18/h2-8,12-13,16-17,20H,9-11,14-15H2,1H3. The number of piperidine rings is 1. The molecular formula is C24H25ClN6O2. The summed E-state index contributed by atoms with van der Waals surface area (Å²) in [6, 6.07) is 13.4. The third-order valence-electron chi connectivity index (χ3n) is 6.19. The minimum absolute atomic E-state index is 0.143. The van der Waals surface area contributed by atoms with Gasteiger partial charge in [0.05, 0.1) is 30.1 Å². The molecule has 0 aliphatic carbocycles. The first kappa shape index (κ1) is 21.5. The van der Waals surface area contributed by atoms with Crippen LogP contribution >= 0.6 is 11.6 Å². The van der Waals surface area contributed by atoms with Gasteiger partial charge >= 0.3 is 0 Å². The lowest BCUT2D eigenvalue weighted by atomic mass is 10.0. The van der Waals surface area contributed by atoms with Gasteiger partial charge in [-0.3, -0.25) is 14.5 Å². The van der Waals surface area contributed by atoms with Crippen molar-refractivity contribution < 1.29 is 4.74 Å². The van der Waals surface area contributed by atoms with Gasteiger partial charge in [-0.25, -0.2) is 4.98 Å². The number of anilines is 2. The van der Waals surface area contributed by atoms with Crippen LogP contribution in [-0.4, -0.2) is 41.2 Å². The van der Waals surface area contributed by atoms with Gasteiger partial charge in [0.1, 0.15) is 17.6 Å². The van der Waals surface area contributed by atoms with Crippen LogP contribution in [0.3, 0.4) is 0 Å². The SMILES string of the molecule is COc1cn(C2CCN(c3ncccc3Cl)CC2)nc(C2CC=NN2c2ccccc2)c1=O. The van der Waals surface area contributed by atoms with E-state index in [2.05, 4.69) is 15.0 Å². The van der Waals surface area contributed by atoms with Crippen molar-refractivity contribution in [2.75, 3.05) is 30.1 Å². The number of ether oxygens (including phenoxy) is 1. The highest BCUT2D eigenvalue weighted by molar-refractivity contribution is 6.32. The Labute approximate surface area is 197 Å². The highest BCUT2D eigenvalue weighted by atomic mass is 35.5. The van der Waals surface area contributed by atoms with E-state index in [1.165, 1.54) is 7.11 Å². The Hall–Kier alpha value is -3.39. The number of hydrogen-bond acceptors (Lipinski definition) is 7. The van der Waals surface area contributed by atoms with Gasteiger partial charge in [0, 0.05) is 31.9 Å². The molecule has 3 aromatic rings. The molecule has 1 saturated heterocycles. The fourth-order valence-electron chi connectivity index (χ4n) is 4.48. The van der Waals surface area contributed by atoms with Crippen molar-refractivity contribution in [2.24, 2.45) is 5.10 Å². The quantitative estimate of drug-likeness (QED) is 0.566. The van der Waals surface area contributed by atoms with Crippen LogP contribution in [0.1, 0.15) is 37.0 Å². The average Bonchev–Trinajstić information content (AvgIpc) is 3.35. The molecule has 0 amide bonds. The molecule has 2 aromatic heterocycles. The third kappa shape index (κ3) is 4.18. The van der Waals surface area contributed by atoms with Crippen LogP contribution in [0, 0.1) is 0 Å². The molecular weight excluding hydrogens is 440 g/mol. The van der Waals surface area contributed by atoms with Crippen LogP contribution in [0.2, 0.25) is 5.02 Å². The second-order valence-electron chi connectivity index (χ2n) is 8.15. The fourth-order valence-corrected chi connectivity index (χ4v) is 4.72. The van der Waals surface area contributed by atoms with E-state index in [4.69, 9.17) is 21.4 Å². The van der Waals surface area contributed by atoms with Crippen molar-refractivity contribution in [3.8, 4) is 5.75 Å². The Morgan fingerprint density at radius 3 is 2.61 bits per heavy atom. The molecule has 2 aliphatic rings. The number of para-hydroxylation sites is 1. The molecule has 1 atom stereocenters. The zero-order chi connectivity index (χ0) is 22.8. The zero-order valence-corrected chi connectivity index (χ0v) is 19.1. The first-order chi connectivity index (χ1) is 16.2. The monoisotopic (exact) mass is 464 g/mol. The van der Waals surface area contributed by atoms with E-state index in [9.17, 15) is 4.79 Å². The van der Waals surface area contributed by atoms with Gasteiger partial charge in [0.25, 0.3) is 0 Å². The van der Waals surface area contributed by atoms with E-state index < -0.39 is 0 Å². The lowest BCUT2D eigenvalue weighted by Crippen LogP contribution is -2.37. The van der Waals surface area contributed by atoms with Crippen LogP contribution in [0.25, 0.3) is 0 Å². The summed E-state index contributed by atoms with van der Waals surface area (Å²) >= 11 is 6.34. The largest absolute Gasteiger partial charge is 0.491 e. The molecule has 1 fully saturated rings. The van der Waals surface area contributed by atoms with Gasteiger partial charge in [-0.2, -0.15) is 10.2 Å². The molecule has 33 heavy (non-hydrogen) atoms. The lowest BCUT2D eigenvalue weighted by Gasteiger charge is -2.34. The number of aromatic nitrogens is 3. The number of rotatable bonds is 5. The summed E-state index contributed by atoms with van der Waals surface area (Å²) in [5, 5.41) is 11.8. The lowest BCUT2D eigenvalue weighted by molar-refractivity contribution is 0.338. The summed E-state index contributed by atoms with van der Waals surface area (Å²) in [6.07, 6.45) is 7.64.